The Balaban J connectivity index is 2.42. The SMILES string of the molecule is O=C(O)CCCNS(=O)(=O)c1cnc[nH]1. The predicted molar refractivity (Wildman–Crippen MR) is 50.6 cm³/mol. The van der Waals surface area contributed by atoms with E-state index in [4.69, 9.17) is 5.11 Å². The van der Waals surface area contributed by atoms with Gasteiger partial charge in [-0.15, -0.1) is 0 Å². The van der Waals surface area contributed by atoms with Crippen LogP contribution in [0, 0.1) is 0 Å². The summed E-state index contributed by atoms with van der Waals surface area (Å²) in [6.07, 6.45) is 2.62. The van der Waals surface area contributed by atoms with Gasteiger partial charge < -0.3 is 10.1 Å². The molecule has 1 aromatic heterocycles. The highest BCUT2D eigenvalue weighted by atomic mass is 32.2. The molecule has 0 amide bonds. The Bertz CT molecular complexity index is 411. The third-order valence-electron chi connectivity index (χ3n) is 1.62. The molecule has 0 saturated carbocycles. The van der Waals surface area contributed by atoms with Crippen molar-refractivity contribution in [3.63, 3.8) is 0 Å². The smallest absolute Gasteiger partial charge is 0.303 e. The number of rotatable bonds is 6. The van der Waals surface area contributed by atoms with Gasteiger partial charge in [-0.3, -0.25) is 4.79 Å². The number of nitrogens with zero attached hydrogens (tertiary/aromatic N) is 1. The predicted octanol–water partition coefficient (Wildman–Crippen LogP) is -0.447. The van der Waals surface area contributed by atoms with Crippen molar-refractivity contribution in [2.45, 2.75) is 17.9 Å². The summed E-state index contributed by atoms with van der Waals surface area (Å²) < 4.78 is 25.1. The molecule has 0 atom stereocenters. The summed E-state index contributed by atoms with van der Waals surface area (Å²) in [7, 11) is -3.58. The van der Waals surface area contributed by atoms with Gasteiger partial charge in [0, 0.05) is 13.0 Å². The quantitative estimate of drug-likeness (QED) is 0.576. The van der Waals surface area contributed by atoms with Crippen LogP contribution >= 0.6 is 0 Å². The van der Waals surface area contributed by atoms with Crippen molar-refractivity contribution in [2.24, 2.45) is 0 Å². The second kappa shape index (κ2) is 4.89. The third kappa shape index (κ3) is 3.68. The molecule has 0 bridgehead atoms. The van der Waals surface area contributed by atoms with Gasteiger partial charge in [-0.25, -0.2) is 18.1 Å². The zero-order chi connectivity index (χ0) is 11.3. The zero-order valence-corrected chi connectivity index (χ0v) is 8.62. The summed E-state index contributed by atoms with van der Waals surface area (Å²) in [4.78, 5) is 16.2. The van der Waals surface area contributed by atoms with Crippen molar-refractivity contribution in [1.82, 2.24) is 14.7 Å². The lowest BCUT2D eigenvalue weighted by Gasteiger charge is -2.02. The highest BCUT2D eigenvalue weighted by Gasteiger charge is 2.14. The fraction of sp³-hybridized carbons (Fsp3) is 0.429. The van der Waals surface area contributed by atoms with Crippen LogP contribution < -0.4 is 4.72 Å². The number of carbonyl (C=O) groups is 1. The van der Waals surface area contributed by atoms with Gasteiger partial charge in [0.2, 0.25) is 0 Å². The van der Waals surface area contributed by atoms with Crippen molar-refractivity contribution in [3.8, 4) is 0 Å². The van der Waals surface area contributed by atoms with Gasteiger partial charge in [0.1, 0.15) is 0 Å². The summed E-state index contributed by atoms with van der Waals surface area (Å²) in [5.41, 5.74) is 0. The Kier molecular flexibility index (Phi) is 3.81. The second-order valence-electron chi connectivity index (χ2n) is 2.81. The molecule has 8 heteroatoms. The fourth-order valence-electron chi connectivity index (χ4n) is 0.914. The first-order valence-electron chi connectivity index (χ1n) is 4.22. The molecule has 0 aliphatic heterocycles. The average molecular weight is 233 g/mol. The van der Waals surface area contributed by atoms with Crippen LogP contribution in [-0.2, 0) is 14.8 Å². The van der Waals surface area contributed by atoms with Crippen LogP contribution in [0.15, 0.2) is 17.6 Å². The first-order valence-corrected chi connectivity index (χ1v) is 5.70. The van der Waals surface area contributed by atoms with E-state index in [1.165, 1.54) is 12.5 Å². The van der Waals surface area contributed by atoms with E-state index >= 15 is 0 Å². The van der Waals surface area contributed by atoms with Crippen molar-refractivity contribution >= 4 is 16.0 Å². The molecular weight excluding hydrogens is 222 g/mol. The number of hydrogen-bond donors (Lipinski definition) is 3. The van der Waals surface area contributed by atoms with Crippen LogP contribution in [0.25, 0.3) is 0 Å². The van der Waals surface area contributed by atoms with E-state index in [0.717, 1.165) is 0 Å². The van der Waals surface area contributed by atoms with E-state index in [9.17, 15) is 13.2 Å². The number of aliphatic carboxylic acids is 1. The molecule has 0 spiro atoms. The number of H-pyrrole nitrogens is 1. The molecule has 7 nitrogen and oxygen atoms in total. The van der Waals surface area contributed by atoms with Gasteiger partial charge >= 0.3 is 5.97 Å². The fourth-order valence-corrected chi connectivity index (χ4v) is 1.89. The van der Waals surface area contributed by atoms with Crippen LogP contribution in [-0.4, -0.2) is 36.0 Å². The summed E-state index contributed by atoms with van der Waals surface area (Å²) >= 11 is 0. The second-order valence-corrected chi connectivity index (χ2v) is 4.55. The molecule has 0 aromatic carbocycles. The Morgan fingerprint density at radius 1 is 1.60 bits per heavy atom. The number of carboxylic acids is 1. The summed E-state index contributed by atoms with van der Waals surface area (Å²) in [5, 5.41) is 8.30. The lowest BCUT2D eigenvalue weighted by molar-refractivity contribution is -0.137. The number of hydrogen-bond acceptors (Lipinski definition) is 4. The van der Waals surface area contributed by atoms with Crippen molar-refractivity contribution in [1.29, 1.82) is 0 Å². The van der Waals surface area contributed by atoms with E-state index in [2.05, 4.69) is 14.7 Å². The molecule has 1 heterocycles. The highest BCUT2D eigenvalue weighted by Crippen LogP contribution is 2.01. The topological polar surface area (TPSA) is 112 Å². The number of aromatic nitrogens is 2. The maximum atomic E-state index is 11.4. The molecule has 15 heavy (non-hydrogen) atoms. The van der Waals surface area contributed by atoms with Crippen LogP contribution in [0.2, 0.25) is 0 Å². The largest absolute Gasteiger partial charge is 0.481 e. The average Bonchev–Trinajstić information content (AvgIpc) is 2.65. The summed E-state index contributed by atoms with van der Waals surface area (Å²) in [5.74, 6) is -0.948. The van der Waals surface area contributed by atoms with Crippen molar-refractivity contribution in [3.05, 3.63) is 12.5 Å². The molecule has 0 unspecified atom stereocenters. The van der Waals surface area contributed by atoms with E-state index < -0.39 is 16.0 Å². The summed E-state index contributed by atoms with van der Waals surface area (Å²) in [6, 6.07) is 0. The monoisotopic (exact) mass is 233 g/mol. The van der Waals surface area contributed by atoms with E-state index in [-0.39, 0.29) is 24.4 Å². The maximum absolute atomic E-state index is 11.4. The normalized spacial score (nSPS) is 11.5. The van der Waals surface area contributed by atoms with Crippen LogP contribution in [0.1, 0.15) is 12.8 Å². The van der Waals surface area contributed by atoms with Gasteiger partial charge in [0.25, 0.3) is 10.0 Å². The standard InChI is InChI=1S/C7H11N3O4S/c11-7(12)2-1-3-10-15(13,14)6-4-8-5-9-6/h4-5,10H,1-3H2,(H,8,9)(H,11,12). The number of sulfonamides is 1. The third-order valence-corrected chi connectivity index (χ3v) is 3.01. The number of aromatic amines is 1. The minimum absolute atomic E-state index is 0.0298. The van der Waals surface area contributed by atoms with Crippen molar-refractivity contribution < 1.29 is 18.3 Å². The first kappa shape index (κ1) is 11.7. The molecule has 0 saturated heterocycles. The number of imidazole rings is 1. The molecule has 84 valence electrons. The van der Waals surface area contributed by atoms with Gasteiger partial charge in [-0.05, 0) is 6.42 Å². The number of carboxylic acid groups (broad SMARTS) is 1. The van der Waals surface area contributed by atoms with Gasteiger partial charge in [-0.2, -0.15) is 0 Å². The Hall–Kier alpha value is -1.41. The lowest BCUT2D eigenvalue weighted by Crippen LogP contribution is -2.25. The minimum Gasteiger partial charge on any atom is -0.481 e. The molecule has 0 fully saturated rings. The van der Waals surface area contributed by atoms with E-state index in [1.807, 2.05) is 0 Å². The van der Waals surface area contributed by atoms with Crippen LogP contribution in [0.4, 0.5) is 0 Å². The highest BCUT2D eigenvalue weighted by molar-refractivity contribution is 7.89. The van der Waals surface area contributed by atoms with Gasteiger partial charge in [-0.1, -0.05) is 0 Å². The van der Waals surface area contributed by atoms with Gasteiger partial charge in [0.15, 0.2) is 5.03 Å². The molecule has 0 aliphatic carbocycles. The van der Waals surface area contributed by atoms with E-state index in [0.29, 0.717) is 0 Å². The Morgan fingerprint density at radius 3 is 2.87 bits per heavy atom. The van der Waals surface area contributed by atoms with E-state index in [1.54, 1.807) is 0 Å². The first-order chi connectivity index (χ1) is 7.02. The molecule has 1 aromatic rings. The molecule has 1 rings (SSSR count). The lowest BCUT2D eigenvalue weighted by atomic mass is 10.3. The van der Waals surface area contributed by atoms with Gasteiger partial charge in [0.05, 0.1) is 12.5 Å². The minimum atomic E-state index is -3.58. The Labute approximate surface area is 86.6 Å². The Morgan fingerprint density at radius 2 is 2.33 bits per heavy atom. The maximum Gasteiger partial charge on any atom is 0.303 e. The van der Waals surface area contributed by atoms with Crippen molar-refractivity contribution in [2.75, 3.05) is 6.54 Å². The molecular formula is C7H11N3O4S. The molecule has 0 radical (unpaired) electrons. The number of nitrogens with one attached hydrogen (secondary N) is 2. The van der Waals surface area contributed by atoms with Crippen LogP contribution in [0.3, 0.4) is 0 Å². The van der Waals surface area contributed by atoms with Crippen LogP contribution in [0.5, 0.6) is 0 Å². The molecule has 3 N–H and O–H groups in total. The zero-order valence-electron chi connectivity index (χ0n) is 7.80. The summed E-state index contributed by atoms with van der Waals surface area (Å²) in [6.45, 7) is 0.0909. The molecule has 0 aliphatic rings.